The fourth-order valence-corrected chi connectivity index (χ4v) is 2.61. The van der Waals surface area contributed by atoms with Crippen LogP contribution in [0.15, 0.2) is 0 Å². The molecule has 8 nitrogen and oxygen atoms in total. The highest BCUT2D eigenvalue weighted by molar-refractivity contribution is 5.91. The number of carbonyl (C=O) groups excluding carboxylic acids is 2. The summed E-state index contributed by atoms with van der Waals surface area (Å²) in [4.78, 5) is 39.4. The van der Waals surface area contributed by atoms with E-state index in [0.29, 0.717) is 0 Å². The Morgan fingerprint density at radius 3 is 1.03 bits per heavy atom. The zero-order chi connectivity index (χ0) is 27.9. The molecule has 0 aromatic carbocycles. The van der Waals surface area contributed by atoms with Gasteiger partial charge in [0.25, 0.3) is 11.8 Å². The van der Waals surface area contributed by atoms with Crippen LogP contribution in [0.5, 0.6) is 0 Å². The van der Waals surface area contributed by atoms with Crippen LogP contribution < -0.4 is 11.5 Å². The second-order valence-electron chi connectivity index (χ2n) is 7.65. The van der Waals surface area contributed by atoms with Crippen molar-refractivity contribution in [3.8, 4) is 48.4 Å². The first-order chi connectivity index (χ1) is 17.2. The van der Waals surface area contributed by atoms with Crippen molar-refractivity contribution in [1.29, 1.82) is 0 Å². The summed E-state index contributed by atoms with van der Waals surface area (Å²) in [6.45, 7) is 0. The lowest BCUT2D eigenvalue weighted by Crippen LogP contribution is -2.05. The molecule has 0 unspecified atom stereocenters. The normalized spacial score (nSPS) is 8.50. The van der Waals surface area contributed by atoms with Crippen molar-refractivity contribution < 1.29 is 29.4 Å². The standard InChI is InChI=1S/C22H34O4.2C3H3NO/c23-21(24)19-17-15-13-11-9-7-5-3-1-2-4-6-8-10-12-14-16-18-20-22(25)26;2*1-2-3(4)5/h5-20H2,(H,23,24)(H,25,26);2*1H,(H2,4,5). The Hall–Kier alpha value is -3.88. The van der Waals surface area contributed by atoms with Gasteiger partial charge in [0.15, 0.2) is 0 Å². The van der Waals surface area contributed by atoms with E-state index in [4.69, 9.17) is 10.2 Å². The molecule has 0 saturated carbocycles. The minimum atomic E-state index is -0.718. The third-order valence-corrected chi connectivity index (χ3v) is 4.41. The van der Waals surface area contributed by atoms with E-state index in [0.717, 1.165) is 89.9 Å². The smallest absolute Gasteiger partial charge is 0.303 e. The van der Waals surface area contributed by atoms with Gasteiger partial charge in [-0.3, -0.25) is 19.2 Å². The predicted octanol–water partition coefficient (Wildman–Crippen LogP) is 3.61. The van der Waals surface area contributed by atoms with Crippen LogP contribution in [-0.2, 0) is 19.2 Å². The maximum atomic E-state index is 10.4. The number of aliphatic carboxylic acids is 2. The fraction of sp³-hybridized carbons (Fsp3) is 0.571. The number of unbranched alkanes of at least 4 members (excludes halogenated alkanes) is 12. The summed E-state index contributed by atoms with van der Waals surface area (Å²) in [5.41, 5.74) is 8.83. The van der Waals surface area contributed by atoms with Gasteiger partial charge >= 0.3 is 11.9 Å². The van der Waals surface area contributed by atoms with Gasteiger partial charge in [0.1, 0.15) is 0 Å². The fourth-order valence-electron chi connectivity index (χ4n) is 2.61. The first-order valence-electron chi connectivity index (χ1n) is 12.1. The Morgan fingerprint density at radius 1 is 0.528 bits per heavy atom. The van der Waals surface area contributed by atoms with Gasteiger partial charge < -0.3 is 21.7 Å². The molecule has 0 aliphatic rings. The van der Waals surface area contributed by atoms with Gasteiger partial charge in [-0.2, -0.15) is 0 Å². The highest BCUT2D eigenvalue weighted by atomic mass is 16.4. The van der Waals surface area contributed by atoms with E-state index in [2.05, 4.69) is 48.0 Å². The Morgan fingerprint density at radius 2 is 0.778 bits per heavy atom. The second kappa shape index (κ2) is 31.1. The maximum Gasteiger partial charge on any atom is 0.303 e. The van der Waals surface area contributed by atoms with Crippen molar-refractivity contribution in [1.82, 2.24) is 0 Å². The Bertz CT molecular complexity index is 759. The predicted molar refractivity (Wildman–Crippen MR) is 141 cm³/mol. The van der Waals surface area contributed by atoms with E-state index >= 15 is 0 Å². The average Bonchev–Trinajstić information content (AvgIpc) is 2.83. The summed E-state index contributed by atoms with van der Waals surface area (Å²) >= 11 is 0. The van der Waals surface area contributed by atoms with E-state index < -0.39 is 23.8 Å². The van der Waals surface area contributed by atoms with E-state index in [-0.39, 0.29) is 12.8 Å². The molecular weight excluding hydrogens is 460 g/mol. The number of terminal acetylenes is 2. The van der Waals surface area contributed by atoms with Crippen molar-refractivity contribution in [2.75, 3.05) is 0 Å². The maximum absolute atomic E-state index is 10.4. The van der Waals surface area contributed by atoms with Crippen LogP contribution in [0.4, 0.5) is 0 Å². The number of carbonyl (C=O) groups is 4. The second-order valence-corrected chi connectivity index (χ2v) is 7.65. The Kier molecular flexibility index (Phi) is 31.7. The first-order valence-corrected chi connectivity index (χ1v) is 12.1. The van der Waals surface area contributed by atoms with Crippen molar-refractivity contribution in [3.05, 3.63) is 0 Å². The zero-order valence-electron chi connectivity index (χ0n) is 21.2. The number of hydrogen-bond donors (Lipinski definition) is 4. The summed E-state index contributed by atoms with van der Waals surface area (Å²) < 4.78 is 0. The van der Waals surface area contributed by atoms with Crippen molar-refractivity contribution in [2.24, 2.45) is 11.5 Å². The van der Waals surface area contributed by atoms with Gasteiger partial charge in [-0.15, -0.1) is 12.8 Å². The molecule has 0 aromatic heterocycles. The molecule has 198 valence electrons. The monoisotopic (exact) mass is 500 g/mol. The topological polar surface area (TPSA) is 161 Å². The highest BCUT2D eigenvalue weighted by Gasteiger charge is 1.97. The summed E-state index contributed by atoms with van der Waals surface area (Å²) in [5.74, 6) is 12.5. The third kappa shape index (κ3) is 47.8. The third-order valence-electron chi connectivity index (χ3n) is 4.41. The molecular formula is C28H40N2O6. The summed E-state index contributed by atoms with van der Waals surface area (Å²) in [6.07, 6.45) is 23.9. The molecule has 0 fully saturated rings. The lowest BCUT2D eigenvalue weighted by molar-refractivity contribution is -0.138. The van der Waals surface area contributed by atoms with Gasteiger partial charge in [0.2, 0.25) is 0 Å². The van der Waals surface area contributed by atoms with Crippen molar-refractivity contribution in [3.63, 3.8) is 0 Å². The number of hydrogen-bond acceptors (Lipinski definition) is 4. The van der Waals surface area contributed by atoms with Crippen molar-refractivity contribution in [2.45, 2.75) is 103 Å². The molecule has 0 radical (unpaired) electrons. The molecule has 0 bridgehead atoms. The Labute approximate surface area is 216 Å². The number of rotatable bonds is 16. The van der Waals surface area contributed by atoms with Crippen molar-refractivity contribution >= 4 is 23.8 Å². The molecule has 0 aromatic rings. The van der Waals surface area contributed by atoms with Gasteiger partial charge in [0, 0.05) is 25.7 Å². The molecule has 2 amide bonds. The molecule has 0 spiro atoms. The van der Waals surface area contributed by atoms with E-state index in [1.54, 1.807) is 11.8 Å². The van der Waals surface area contributed by atoms with Crippen LogP contribution in [0.2, 0.25) is 0 Å². The number of carboxylic acid groups (broad SMARTS) is 2. The number of primary amides is 2. The molecule has 0 saturated heterocycles. The van der Waals surface area contributed by atoms with Crippen LogP contribution in [0.1, 0.15) is 103 Å². The first kappa shape index (κ1) is 36.7. The zero-order valence-corrected chi connectivity index (χ0v) is 21.2. The van der Waals surface area contributed by atoms with E-state index in [1.165, 1.54) is 0 Å². The molecule has 36 heavy (non-hydrogen) atoms. The SMILES string of the molecule is C#CC(N)=O.C#CC(N)=O.O=C(O)CCCCCCCCC#CC#CCCCCCCCCC(=O)O. The van der Waals surface area contributed by atoms with Gasteiger partial charge in [-0.25, -0.2) is 0 Å². The van der Waals surface area contributed by atoms with Crippen LogP contribution in [0.3, 0.4) is 0 Å². The largest absolute Gasteiger partial charge is 0.481 e. The average molecular weight is 501 g/mol. The molecule has 8 heteroatoms. The minimum Gasteiger partial charge on any atom is -0.481 e. The summed E-state index contributed by atoms with van der Waals surface area (Å²) in [5, 5.41) is 17.1. The minimum absolute atomic E-state index is 0.289. The van der Waals surface area contributed by atoms with Gasteiger partial charge in [-0.1, -0.05) is 63.2 Å². The van der Waals surface area contributed by atoms with E-state index in [9.17, 15) is 19.2 Å². The lowest BCUT2D eigenvalue weighted by atomic mass is 10.1. The number of amides is 2. The quantitative estimate of drug-likeness (QED) is 0.187. The summed E-state index contributed by atoms with van der Waals surface area (Å²) in [7, 11) is 0. The molecule has 0 aliphatic heterocycles. The van der Waals surface area contributed by atoms with Crippen LogP contribution in [0, 0.1) is 48.4 Å². The molecule has 0 atom stereocenters. The van der Waals surface area contributed by atoms with Gasteiger partial charge in [0.05, 0.1) is 0 Å². The van der Waals surface area contributed by atoms with Crippen LogP contribution in [-0.4, -0.2) is 34.0 Å². The van der Waals surface area contributed by atoms with Gasteiger partial charge in [-0.05, 0) is 49.4 Å². The highest BCUT2D eigenvalue weighted by Crippen LogP contribution is 2.09. The molecule has 0 aliphatic carbocycles. The number of nitrogens with two attached hydrogens (primary N) is 2. The molecule has 6 N–H and O–H groups in total. The lowest BCUT2D eigenvalue weighted by Gasteiger charge is -1.98. The van der Waals surface area contributed by atoms with E-state index in [1.807, 2.05) is 0 Å². The molecule has 0 rings (SSSR count). The summed E-state index contributed by atoms with van der Waals surface area (Å²) in [6, 6.07) is 0. The number of carboxylic acids is 2. The molecule has 0 heterocycles. The van der Waals surface area contributed by atoms with Crippen LogP contribution in [0.25, 0.3) is 0 Å². The Balaban J connectivity index is -0.000000910. The van der Waals surface area contributed by atoms with Crippen LogP contribution >= 0.6 is 0 Å².